The van der Waals surface area contributed by atoms with Crippen molar-refractivity contribution in [3.8, 4) is 5.75 Å². The smallest absolute Gasteiger partial charge is 0.260 e. The number of benzene rings is 2. The van der Waals surface area contributed by atoms with E-state index in [1.807, 2.05) is 23.1 Å². The van der Waals surface area contributed by atoms with Crippen molar-refractivity contribution in [2.45, 2.75) is 25.7 Å². The summed E-state index contributed by atoms with van der Waals surface area (Å²) in [5.41, 5.74) is 7.22. The molecule has 1 saturated heterocycles. The Balaban J connectivity index is 1.35. The molecule has 1 aliphatic rings. The molecule has 0 saturated carbocycles. The van der Waals surface area contributed by atoms with Gasteiger partial charge in [-0.1, -0.05) is 42.5 Å². The molecule has 0 bridgehead atoms. The Morgan fingerprint density at radius 2 is 1.42 bits per heavy atom. The normalized spacial score (nSPS) is 13.7. The van der Waals surface area contributed by atoms with Crippen molar-refractivity contribution >= 4 is 17.7 Å². The fraction of sp³-hybridized carbons (Fsp3) is 0.375. The fourth-order valence-corrected chi connectivity index (χ4v) is 3.59. The van der Waals surface area contributed by atoms with Crippen LogP contribution < -0.4 is 10.5 Å². The molecule has 0 unspecified atom stereocenters. The van der Waals surface area contributed by atoms with Crippen molar-refractivity contribution in [3.05, 3.63) is 65.7 Å². The van der Waals surface area contributed by atoms with E-state index in [2.05, 4.69) is 12.1 Å². The summed E-state index contributed by atoms with van der Waals surface area (Å²) in [4.78, 5) is 39.4. The van der Waals surface area contributed by atoms with Gasteiger partial charge in [-0.3, -0.25) is 14.4 Å². The second-order valence-electron chi connectivity index (χ2n) is 7.68. The third-order valence-electron chi connectivity index (χ3n) is 5.35. The van der Waals surface area contributed by atoms with E-state index in [1.54, 1.807) is 29.2 Å². The number of aryl methyl sites for hydroxylation is 1. The highest BCUT2D eigenvalue weighted by atomic mass is 16.5. The number of hydrogen-bond acceptors (Lipinski definition) is 4. The van der Waals surface area contributed by atoms with Crippen LogP contribution >= 0.6 is 0 Å². The number of piperazine rings is 1. The third kappa shape index (κ3) is 7.13. The molecule has 0 radical (unpaired) electrons. The van der Waals surface area contributed by atoms with E-state index in [0.29, 0.717) is 38.3 Å². The van der Waals surface area contributed by atoms with Crippen LogP contribution in [0.3, 0.4) is 0 Å². The SMILES string of the molecule is NC(=O)Cc1ccc(OCC(=O)N2CCN(C(=O)CCCc3ccccc3)CC2)cc1. The molecule has 0 atom stereocenters. The van der Waals surface area contributed by atoms with Gasteiger partial charge in [0.2, 0.25) is 11.8 Å². The van der Waals surface area contributed by atoms with Crippen LogP contribution in [0.2, 0.25) is 0 Å². The number of nitrogens with zero attached hydrogens (tertiary/aromatic N) is 2. The average Bonchev–Trinajstić information content (AvgIpc) is 2.79. The number of carbonyl (C=O) groups is 3. The van der Waals surface area contributed by atoms with Crippen LogP contribution in [0.25, 0.3) is 0 Å². The van der Waals surface area contributed by atoms with Crippen LogP contribution in [0.5, 0.6) is 5.75 Å². The van der Waals surface area contributed by atoms with Gasteiger partial charge in [-0.2, -0.15) is 0 Å². The van der Waals surface area contributed by atoms with Gasteiger partial charge in [0, 0.05) is 32.6 Å². The number of ether oxygens (including phenoxy) is 1. The van der Waals surface area contributed by atoms with Gasteiger partial charge in [-0.05, 0) is 36.1 Å². The first-order chi connectivity index (χ1) is 15.0. The van der Waals surface area contributed by atoms with E-state index in [9.17, 15) is 14.4 Å². The van der Waals surface area contributed by atoms with E-state index in [-0.39, 0.29) is 24.8 Å². The predicted molar refractivity (Wildman–Crippen MR) is 117 cm³/mol. The molecule has 7 nitrogen and oxygen atoms in total. The first kappa shape index (κ1) is 22.3. The fourth-order valence-electron chi connectivity index (χ4n) is 3.59. The van der Waals surface area contributed by atoms with Crippen molar-refractivity contribution < 1.29 is 19.1 Å². The Bertz CT molecular complexity index is 875. The lowest BCUT2D eigenvalue weighted by molar-refractivity contribution is -0.140. The quantitative estimate of drug-likeness (QED) is 0.665. The minimum Gasteiger partial charge on any atom is -0.484 e. The van der Waals surface area contributed by atoms with Crippen molar-refractivity contribution in [2.24, 2.45) is 5.73 Å². The molecular weight excluding hydrogens is 394 g/mol. The molecule has 31 heavy (non-hydrogen) atoms. The third-order valence-corrected chi connectivity index (χ3v) is 5.35. The zero-order chi connectivity index (χ0) is 22.1. The van der Waals surface area contributed by atoms with Crippen molar-refractivity contribution in [3.63, 3.8) is 0 Å². The molecule has 3 amide bonds. The minimum atomic E-state index is -0.391. The maximum atomic E-state index is 12.4. The molecule has 2 aromatic rings. The largest absolute Gasteiger partial charge is 0.484 e. The average molecular weight is 424 g/mol. The van der Waals surface area contributed by atoms with Crippen molar-refractivity contribution in [1.82, 2.24) is 9.80 Å². The number of carbonyl (C=O) groups excluding carboxylic acids is 3. The summed E-state index contributed by atoms with van der Waals surface area (Å²) in [5, 5.41) is 0. The molecule has 1 aliphatic heterocycles. The van der Waals surface area contributed by atoms with E-state index >= 15 is 0 Å². The highest BCUT2D eigenvalue weighted by Gasteiger charge is 2.24. The molecule has 0 spiro atoms. The maximum Gasteiger partial charge on any atom is 0.260 e. The molecule has 3 rings (SSSR count). The molecule has 1 heterocycles. The lowest BCUT2D eigenvalue weighted by atomic mass is 10.1. The van der Waals surface area contributed by atoms with Gasteiger partial charge in [-0.15, -0.1) is 0 Å². The van der Waals surface area contributed by atoms with E-state index in [4.69, 9.17) is 10.5 Å². The maximum absolute atomic E-state index is 12.4. The molecule has 7 heteroatoms. The van der Waals surface area contributed by atoms with Gasteiger partial charge in [0.15, 0.2) is 6.61 Å². The van der Waals surface area contributed by atoms with Crippen LogP contribution in [0.15, 0.2) is 54.6 Å². The first-order valence-electron chi connectivity index (χ1n) is 10.6. The van der Waals surface area contributed by atoms with Crippen molar-refractivity contribution in [2.75, 3.05) is 32.8 Å². The van der Waals surface area contributed by atoms with E-state index < -0.39 is 5.91 Å². The second kappa shape index (κ2) is 11.2. The van der Waals surface area contributed by atoms with Gasteiger partial charge < -0.3 is 20.3 Å². The lowest BCUT2D eigenvalue weighted by Crippen LogP contribution is -2.51. The van der Waals surface area contributed by atoms with Gasteiger partial charge in [-0.25, -0.2) is 0 Å². The summed E-state index contributed by atoms with van der Waals surface area (Å²) < 4.78 is 5.56. The van der Waals surface area contributed by atoms with Crippen molar-refractivity contribution in [1.29, 1.82) is 0 Å². The Morgan fingerprint density at radius 1 is 0.806 bits per heavy atom. The number of nitrogens with two attached hydrogens (primary N) is 1. The number of amides is 3. The number of primary amides is 1. The van der Waals surface area contributed by atoms with Crippen LogP contribution in [0, 0.1) is 0 Å². The highest BCUT2D eigenvalue weighted by Crippen LogP contribution is 2.13. The van der Waals surface area contributed by atoms with Crippen LogP contribution in [-0.4, -0.2) is 60.3 Å². The summed E-state index contributed by atoms with van der Waals surface area (Å²) in [5.74, 6) is 0.221. The lowest BCUT2D eigenvalue weighted by Gasteiger charge is -2.34. The van der Waals surface area contributed by atoms with Gasteiger partial charge in [0.05, 0.1) is 6.42 Å². The predicted octanol–water partition coefficient (Wildman–Crippen LogP) is 1.79. The summed E-state index contributed by atoms with van der Waals surface area (Å²) in [6.07, 6.45) is 2.42. The number of hydrogen-bond donors (Lipinski definition) is 1. The van der Waals surface area contributed by atoms with Gasteiger partial charge in [0.25, 0.3) is 5.91 Å². The Hall–Kier alpha value is -3.35. The highest BCUT2D eigenvalue weighted by molar-refractivity contribution is 5.79. The molecule has 2 aromatic carbocycles. The topological polar surface area (TPSA) is 92.9 Å². The zero-order valence-electron chi connectivity index (χ0n) is 17.7. The van der Waals surface area contributed by atoms with Crippen LogP contribution in [-0.2, 0) is 27.2 Å². The summed E-state index contributed by atoms with van der Waals surface area (Å²) in [6, 6.07) is 17.1. The summed E-state index contributed by atoms with van der Waals surface area (Å²) in [7, 11) is 0. The first-order valence-corrected chi connectivity index (χ1v) is 10.6. The molecular formula is C24H29N3O4. The molecule has 1 fully saturated rings. The minimum absolute atomic E-state index is 0.0554. The summed E-state index contributed by atoms with van der Waals surface area (Å²) >= 11 is 0. The molecule has 0 aromatic heterocycles. The summed E-state index contributed by atoms with van der Waals surface area (Å²) in [6.45, 7) is 2.09. The second-order valence-corrected chi connectivity index (χ2v) is 7.68. The monoisotopic (exact) mass is 423 g/mol. The van der Waals surface area contributed by atoms with Gasteiger partial charge in [0.1, 0.15) is 5.75 Å². The Morgan fingerprint density at radius 3 is 2.03 bits per heavy atom. The standard InChI is InChI=1S/C24H29N3O4/c25-22(28)17-20-9-11-21(12-10-20)31-18-24(30)27-15-13-26(14-16-27)23(29)8-4-7-19-5-2-1-3-6-19/h1-3,5-6,9-12H,4,7-8,13-18H2,(H2,25,28). The van der Waals surface area contributed by atoms with Gasteiger partial charge >= 0.3 is 0 Å². The molecule has 2 N–H and O–H groups in total. The zero-order valence-corrected chi connectivity index (χ0v) is 17.7. The van der Waals surface area contributed by atoms with E-state index in [1.165, 1.54) is 5.56 Å². The molecule has 164 valence electrons. The Kier molecular flexibility index (Phi) is 8.04. The van der Waals surface area contributed by atoms with Crippen LogP contribution in [0.1, 0.15) is 24.0 Å². The Labute approximate surface area is 182 Å². The van der Waals surface area contributed by atoms with E-state index in [0.717, 1.165) is 18.4 Å². The van der Waals surface area contributed by atoms with Crippen LogP contribution in [0.4, 0.5) is 0 Å². The number of rotatable bonds is 9. The molecule has 0 aliphatic carbocycles.